The second-order valence-corrected chi connectivity index (χ2v) is 8.07. The minimum atomic E-state index is -0.198. The Morgan fingerprint density at radius 1 is 1.40 bits per heavy atom. The Labute approximate surface area is 151 Å². The van der Waals surface area contributed by atoms with Crippen molar-refractivity contribution in [1.29, 1.82) is 0 Å². The SMILES string of the molecule is Cc1cc(=O)c(C(=O)N(Cc2ccsc2)C2CC23CCNCC3)c[nH]1. The first kappa shape index (κ1) is 16.5. The molecule has 2 aliphatic rings. The lowest BCUT2D eigenvalue weighted by Gasteiger charge is -2.29. The molecule has 1 spiro atoms. The summed E-state index contributed by atoms with van der Waals surface area (Å²) in [4.78, 5) is 30.5. The molecule has 4 rings (SSSR count). The van der Waals surface area contributed by atoms with E-state index in [0.29, 0.717) is 6.54 Å². The number of carbonyl (C=O) groups excluding carboxylic acids is 1. The molecule has 0 radical (unpaired) electrons. The van der Waals surface area contributed by atoms with E-state index in [0.717, 1.165) is 43.6 Å². The molecule has 2 N–H and O–H groups in total. The van der Waals surface area contributed by atoms with E-state index in [1.165, 1.54) is 6.07 Å². The molecule has 1 unspecified atom stereocenters. The third-order valence-corrected chi connectivity index (χ3v) is 6.34. The number of aromatic nitrogens is 1. The number of thiophene rings is 1. The molecule has 5 nitrogen and oxygen atoms in total. The second-order valence-electron chi connectivity index (χ2n) is 7.29. The van der Waals surface area contributed by atoms with Gasteiger partial charge in [0.2, 0.25) is 0 Å². The molecule has 2 aromatic rings. The van der Waals surface area contributed by atoms with Crippen LogP contribution in [0.4, 0.5) is 0 Å². The minimum Gasteiger partial charge on any atom is -0.364 e. The lowest BCUT2D eigenvalue weighted by atomic mass is 9.93. The molecule has 2 fully saturated rings. The number of aryl methyl sites for hydroxylation is 1. The molecule has 1 saturated carbocycles. The number of rotatable bonds is 4. The highest BCUT2D eigenvalue weighted by Gasteiger charge is 2.57. The van der Waals surface area contributed by atoms with E-state index < -0.39 is 0 Å². The lowest BCUT2D eigenvalue weighted by Crippen LogP contribution is -2.40. The van der Waals surface area contributed by atoms with Gasteiger partial charge in [-0.1, -0.05) is 0 Å². The number of nitrogens with zero attached hydrogens (tertiary/aromatic N) is 1. The van der Waals surface area contributed by atoms with Crippen molar-refractivity contribution in [2.24, 2.45) is 5.41 Å². The fourth-order valence-electron chi connectivity index (χ4n) is 4.03. The molecule has 0 aromatic carbocycles. The highest BCUT2D eigenvalue weighted by Crippen LogP contribution is 2.56. The topological polar surface area (TPSA) is 65.2 Å². The van der Waals surface area contributed by atoms with Crippen LogP contribution in [0.2, 0.25) is 0 Å². The summed E-state index contributed by atoms with van der Waals surface area (Å²) in [5.41, 5.74) is 2.20. The predicted molar refractivity (Wildman–Crippen MR) is 98.9 cm³/mol. The van der Waals surface area contributed by atoms with Crippen molar-refractivity contribution in [1.82, 2.24) is 15.2 Å². The Kier molecular flexibility index (Phi) is 4.25. The van der Waals surface area contributed by atoms with Gasteiger partial charge in [0.05, 0.1) is 0 Å². The van der Waals surface area contributed by atoms with Crippen LogP contribution >= 0.6 is 11.3 Å². The van der Waals surface area contributed by atoms with Crippen LogP contribution in [-0.4, -0.2) is 34.9 Å². The van der Waals surface area contributed by atoms with E-state index >= 15 is 0 Å². The Bertz CT molecular complexity index is 821. The van der Waals surface area contributed by atoms with E-state index in [-0.39, 0.29) is 28.4 Å². The summed E-state index contributed by atoms with van der Waals surface area (Å²) in [5.74, 6) is -0.146. The molecule has 132 valence electrons. The molecule has 1 atom stereocenters. The maximum absolute atomic E-state index is 13.2. The van der Waals surface area contributed by atoms with Crippen molar-refractivity contribution < 1.29 is 4.79 Å². The van der Waals surface area contributed by atoms with Crippen LogP contribution in [0.15, 0.2) is 33.9 Å². The first-order valence-corrected chi connectivity index (χ1v) is 9.75. The second kappa shape index (κ2) is 6.42. The van der Waals surface area contributed by atoms with Crippen molar-refractivity contribution in [2.75, 3.05) is 13.1 Å². The first-order chi connectivity index (χ1) is 12.1. The Morgan fingerprint density at radius 2 is 2.20 bits per heavy atom. The average Bonchev–Trinajstić information content (AvgIpc) is 3.04. The third-order valence-electron chi connectivity index (χ3n) is 5.60. The standard InChI is InChI=1S/C19H23N3O2S/c1-13-8-16(23)15(10-21-13)18(24)22(11-14-2-7-25-12-14)17-9-19(17)3-5-20-6-4-19/h2,7-8,10,12,17,20H,3-6,9,11H2,1H3,(H,21,23). The van der Waals surface area contributed by atoms with Crippen LogP contribution in [0.25, 0.3) is 0 Å². The van der Waals surface area contributed by atoms with Gasteiger partial charge in [-0.25, -0.2) is 0 Å². The van der Waals surface area contributed by atoms with Gasteiger partial charge in [0, 0.05) is 30.5 Å². The van der Waals surface area contributed by atoms with Gasteiger partial charge in [-0.3, -0.25) is 9.59 Å². The van der Waals surface area contributed by atoms with Crippen molar-refractivity contribution >= 4 is 17.2 Å². The Hall–Kier alpha value is -1.92. The van der Waals surface area contributed by atoms with Gasteiger partial charge in [-0.05, 0) is 67.1 Å². The van der Waals surface area contributed by atoms with E-state index in [1.54, 1.807) is 17.5 Å². The van der Waals surface area contributed by atoms with E-state index in [9.17, 15) is 9.59 Å². The summed E-state index contributed by atoms with van der Waals surface area (Å²) in [6.45, 7) is 4.43. The molecule has 6 heteroatoms. The van der Waals surface area contributed by atoms with Crippen LogP contribution < -0.4 is 10.7 Å². The fraction of sp³-hybridized carbons (Fsp3) is 0.474. The lowest BCUT2D eigenvalue weighted by molar-refractivity contribution is 0.0690. The molecule has 3 heterocycles. The number of pyridine rings is 1. The molecule has 25 heavy (non-hydrogen) atoms. The first-order valence-electron chi connectivity index (χ1n) is 8.81. The number of hydrogen-bond acceptors (Lipinski definition) is 4. The number of hydrogen-bond donors (Lipinski definition) is 2. The van der Waals surface area contributed by atoms with Gasteiger partial charge in [-0.15, -0.1) is 0 Å². The van der Waals surface area contributed by atoms with E-state index in [2.05, 4.69) is 21.7 Å². The van der Waals surface area contributed by atoms with Crippen molar-refractivity contribution in [3.8, 4) is 0 Å². The van der Waals surface area contributed by atoms with Crippen molar-refractivity contribution in [3.05, 3.63) is 56.1 Å². The number of amides is 1. The van der Waals surface area contributed by atoms with Gasteiger partial charge in [0.1, 0.15) is 5.56 Å². The van der Waals surface area contributed by atoms with Crippen LogP contribution in [0.1, 0.15) is 40.9 Å². The normalized spacial score (nSPS) is 21.2. The largest absolute Gasteiger partial charge is 0.364 e. The molecule has 2 aromatic heterocycles. The Balaban J connectivity index is 1.63. The summed E-state index contributed by atoms with van der Waals surface area (Å²) >= 11 is 1.64. The zero-order chi connectivity index (χ0) is 17.4. The van der Waals surface area contributed by atoms with Gasteiger partial charge < -0.3 is 15.2 Å². The third kappa shape index (κ3) is 3.16. The molecule has 1 amide bonds. The summed E-state index contributed by atoms with van der Waals surface area (Å²) < 4.78 is 0. The van der Waals surface area contributed by atoms with Crippen LogP contribution in [0.3, 0.4) is 0 Å². The zero-order valence-corrected chi connectivity index (χ0v) is 15.2. The number of aromatic amines is 1. The highest BCUT2D eigenvalue weighted by molar-refractivity contribution is 7.07. The molecule has 1 aliphatic heterocycles. The smallest absolute Gasteiger partial charge is 0.259 e. The summed E-state index contributed by atoms with van der Waals surface area (Å²) in [7, 11) is 0. The van der Waals surface area contributed by atoms with E-state index in [1.807, 2.05) is 17.2 Å². The number of piperidine rings is 1. The molecular formula is C19H23N3O2S. The molecule has 1 aliphatic carbocycles. The van der Waals surface area contributed by atoms with Crippen LogP contribution in [0, 0.1) is 12.3 Å². The summed E-state index contributed by atoms with van der Waals surface area (Å²) in [6, 6.07) is 3.80. The van der Waals surface area contributed by atoms with Crippen LogP contribution in [-0.2, 0) is 6.54 Å². The van der Waals surface area contributed by atoms with Crippen LogP contribution in [0.5, 0.6) is 0 Å². The summed E-state index contributed by atoms with van der Waals surface area (Å²) in [5, 5.41) is 7.52. The predicted octanol–water partition coefficient (Wildman–Crippen LogP) is 2.53. The van der Waals surface area contributed by atoms with Gasteiger partial charge in [-0.2, -0.15) is 11.3 Å². The van der Waals surface area contributed by atoms with Crippen molar-refractivity contribution in [3.63, 3.8) is 0 Å². The number of carbonyl (C=O) groups is 1. The maximum Gasteiger partial charge on any atom is 0.259 e. The monoisotopic (exact) mass is 357 g/mol. The quantitative estimate of drug-likeness (QED) is 0.884. The van der Waals surface area contributed by atoms with Gasteiger partial charge in [0.15, 0.2) is 5.43 Å². The highest BCUT2D eigenvalue weighted by atomic mass is 32.1. The molecule has 1 saturated heterocycles. The molecular weight excluding hydrogens is 334 g/mol. The summed E-state index contributed by atoms with van der Waals surface area (Å²) in [6.07, 6.45) is 4.83. The zero-order valence-electron chi connectivity index (χ0n) is 14.4. The molecule has 0 bridgehead atoms. The average molecular weight is 357 g/mol. The number of nitrogens with one attached hydrogen (secondary N) is 2. The van der Waals surface area contributed by atoms with Gasteiger partial charge in [0.25, 0.3) is 5.91 Å². The van der Waals surface area contributed by atoms with E-state index in [4.69, 9.17) is 0 Å². The van der Waals surface area contributed by atoms with Gasteiger partial charge >= 0.3 is 0 Å². The van der Waals surface area contributed by atoms with Crippen molar-refractivity contribution in [2.45, 2.75) is 38.8 Å². The number of H-pyrrole nitrogens is 1. The fourth-order valence-corrected chi connectivity index (χ4v) is 4.69. The minimum absolute atomic E-state index is 0.146. The maximum atomic E-state index is 13.2. The Morgan fingerprint density at radius 3 is 2.88 bits per heavy atom.